The molecule has 286 valence electrons. The number of amides is 6. The van der Waals surface area contributed by atoms with E-state index in [-0.39, 0.29) is 46.4 Å². The summed E-state index contributed by atoms with van der Waals surface area (Å²) in [5.74, 6) is -3.06. The highest BCUT2D eigenvalue weighted by molar-refractivity contribution is 6.04. The molecular weight excluding hydrogens is 660 g/mol. The minimum Gasteiger partial charge on any atom is -0.354 e. The maximum absolute atomic E-state index is 13.4. The Morgan fingerprint density at radius 2 is 1.20 bits per heavy atom. The molecule has 1 aliphatic heterocycles. The Morgan fingerprint density at radius 3 is 1.65 bits per heavy atom. The van der Waals surface area contributed by atoms with Crippen molar-refractivity contribution in [2.45, 2.75) is 119 Å². The number of carbonyl (C=O) groups is 6. The molecule has 15 heteroatoms. The minimum atomic E-state index is -1.00. The first-order valence-corrected chi connectivity index (χ1v) is 18.0. The second kappa shape index (κ2) is 21.3. The number of rotatable bonds is 21. The van der Waals surface area contributed by atoms with Crippen molar-refractivity contribution in [2.24, 2.45) is 17.8 Å². The van der Waals surface area contributed by atoms with E-state index in [1.807, 2.05) is 62.3 Å². The molecule has 51 heavy (non-hydrogen) atoms. The van der Waals surface area contributed by atoms with E-state index in [1.165, 1.54) is 18.2 Å². The monoisotopic (exact) mass is 718 g/mol. The smallest absolute Gasteiger partial charge is 0.274 e. The molecule has 1 aromatic rings. The molecule has 0 saturated carbocycles. The van der Waals surface area contributed by atoms with Crippen LogP contribution in [0, 0.1) is 17.8 Å². The van der Waals surface area contributed by atoms with E-state index in [0.29, 0.717) is 45.3 Å². The summed E-state index contributed by atoms with van der Waals surface area (Å²) in [6, 6.07) is 3.57. The molecule has 1 aliphatic rings. The van der Waals surface area contributed by atoms with Crippen molar-refractivity contribution in [1.82, 2.24) is 32.0 Å². The van der Waals surface area contributed by atoms with Crippen molar-refractivity contribution >= 4 is 35.4 Å². The SMILES string of the molecule is CCC[C@@H](ONC(=O)c1cc(C(=O)NO[C@H](CC(C)C)C(=O)NCC(C)C)cc(C(=O)NO[C@@H]2CC(C)N(CCC)C2=O)c1)C(=O)NCC(C)C. The van der Waals surface area contributed by atoms with Crippen molar-refractivity contribution in [3.8, 4) is 0 Å². The van der Waals surface area contributed by atoms with Crippen LogP contribution in [0.3, 0.4) is 0 Å². The third-order valence-corrected chi connectivity index (χ3v) is 7.90. The second-order valence-electron chi connectivity index (χ2n) is 14.2. The van der Waals surface area contributed by atoms with Gasteiger partial charge >= 0.3 is 0 Å². The van der Waals surface area contributed by atoms with E-state index >= 15 is 0 Å². The predicted octanol–water partition coefficient (Wildman–Crippen LogP) is 3.20. The van der Waals surface area contributed by atoms with Crippen LogP contribution in [-0.4, -0.2) is 84.3 Å². The number of hydroxylamine groups is 3. The fourth-order valence-corrected chi connectivity index (χ4v) is 5.16. The fourth-order valence-electron chi connectivity index (χ4n) is 5.16. The molecule has 6 amide bonds. The van der Waals surface area contributed by atoms with Crippen molar-refractivity contribution in [3.63, 3.8) is 0 Å². The number of nitrogens with one attached hydrogen (secondary N) is 5. The second-order valence-corrected chi connectivity index (χ2v) is 14.2. The van der Waals surface area contributed by atoms with Gasteiger partial charge in [0.1, 0.15) is 0 Å². The van der Waals surface area contributed by atoms with Crippen LogP contribution in [-0.2, 0) is 28.9 Å². The first-order valence-electron chi connectivity index (χ1n) is 18.0. The summed E-state index contributed by atoms with van der Waals surface area (Å²) in [6.07, 6.45) is -0.504. The Labute approximate surface area is 301 Å². The molecule has 0 bridgehead atoms. The zero-order chi connectivity index (χ0) is 38.2. The molecule has 1 heterocycles. The number of nitrogens with zero attached hydrogens (tertiary/aromatic N) is 1. The average molecular weight is 719 g/mol. The summed E-state index contributed by atoms with van der Waals surface area (Å²) in [4.78, 5) is 96.6. The molecule has 1 saturated heterocycles. The van der Waals surface area contributed by atoms with Crippen molar-refractivity contribution in [2.75, 3.05) is 19.6 Å². The van der Waals surface area contributed by atoms with Crippen LogP contribution in [0.2, 0.25) is 0 Å². The van der Waals surface area contributed by atoms with Gasteiger partial charge < -0.3 is 15.5 Å². The van der Waals surface area contributed by atoms with E-state index < -0.39 is 47.8 Å². The number of hydrogen-bond donors (Lipinski definition) is 5. The van der Waals surface area contributed by atoms with Gasteiger partial charge in [0.05, 0.1) is 0 Å². The van der Waals surface area contributed by atoms with Gasteiger partial charge in [-0.25, -0.2) is 16.4 Å². The highest BCUT2D eigenvalue weighted by atomic mass is 16.7. The zero-order valence-corrected chi connectivity index (χ0v) is 31.6. The Bertz CT molecular complexity index is 1350. The van der Waals surface area contributed by atoms with Gasteiger partial charge in [0, 0.05) is 48.8 Å². The van der Waals surface area contributed by atoms with Crippen molar-refractivity contribution in [3.05, 3.63) is 34.9 Å². The minimum absolute atomic E-state index is 0.0619. The normalized spacial score (nSPS) is 17.0. The lowest BCUT2D eigenvalue weighted by Crippen LogP contribution is -2.43. The topological polar surface area (TPSA) is 193 Å². The number of benzene rings is 1. The van der Waals surface area contributed by atoms with Gasteiger partial charge in [-0.1, -0.05) is 61.8 Å². The summed E-state index contributed by atoms with van der Waals surface area (Å²) >= 11 is 0. The molecule has 1 fully saturated rings. The van der Waals surface area contributed by atoms with Gasteiger partial charge in [0.25, 0.3) is 35.4 Å². The number of likely N-dealkylation sites (tertiary alicyclic amines) is 1. The highest BCUT2D eigenvalue weighted by Crippen LogP contribution is 2.21. The first kappa shape index (κ1) is 43.1. The number of hydrogen-bond acceptors (Lipinski definition) is 9. The van der Waals surface area contributed by atoms with Crippen molar-refractivity contribution < 1.29 is 43.3 Å². The third-order valence-electron chi connectivity index (χ3n) is 7.90. The Hall–Kier alpha value is -4.08. The van der Waals surface area contributed by atoms with Crippen LogP contribution in [0.5, 0.6) is 0 Å². The Kier molecular flexibility index (Phi) is 18.0. The van der Waals surface area contributed by atoms with Crippen molar-refractivity contribution in [1.29, 1.82) is 0 Å². The molecule has 0 spiro atoms. The molecule has 2 rings (SSSR count). The van der Waals surface area contributed by atoms with Gasteiger partial charge in [-0.2, -0.15) is 0 Å². The van der Waals surface area contributed by atoms with Gasteiger partial charge in [0.2, 0.25) is 0 Å². The molecule has 0 aromatic heterocycles. The maximum atomic E-state index is 13.4. The first-order chi connectivity index (χ1) is 24.1. The molecule has 0 aliphatic carbocycles. The number of carbonyl (C=O) groups excluding carboxylic acids is 6. The molecule has 4 atom stereocenters. The van der Waals surface area contributed by atoms with Gasteiger partial charge in [-0.3, -0.25) is 43.3 Å². The quantitative estimate of drug-likeness (QED) is 0.119. The lowest BCUT2D eigenvalue weighted by Gasteiger charge is -2.20. The van der Waals surface area contributed by atoms with E-state index in [2.05, 4.69) is 27.1 Å². The lowest BCUT2D eigenvalue weighted by atomic mass is 10.0. The van der Waals surface area contributed by atoms with Crippen LogP contribution < -0.4 is 27.1 Å². The van der Waals surface area contributed by atoms with Gasteiger partial charge in [0.15, 0.2) is 18.3 Å². The molecule has 5 N–H and O–H groups in total. The largest absolute Gasteiger partial charge is 0.354 e. The molecule has 15 nitrogen and oxygen atoms in total. The zero-order valence-electron chi connectivity index (χ0n) is 31.6. The summed E-state index contributed by atoms with van der Waals surface area (Å²) in [5.41, 5.74) is 6.38. The molecule has 1 aromatic carbocycles. The lowest BCUT2D eigenvalue weighted by molar-refractivity contribution is -0.140. The van der Waals surface area contributed by atoms with E-state index in [1.54, 1.807) is 4.90 Å². The summed E-state index contributed by atoms with van der Waals surface area (Å²) in [7, 11) is 0. The average Bonchev–Trinajstić information content (AvgIpc) is 3.35. The van der Waals surface area contributed by atoms with Crippen LogP contribution in [0.25, 0.3) is 0 Å². The van der Waals surface area contributed by atoms with E-state index in [4.69, 9.17) is 14.5 Å². The Balaban J connectivity index is 2.32. The molecule has 0 radical (unpaired) electrons. The third kappa shape index (κ3) is 14.2. The van der Waals surface area contributed by atoms with Crippen LogP contribution >= 0.6 is 0 Å². The maximum Gasteiger partial charge on any atom is 0.274 e. The van der Waals surface area contributed by atoms with Gasteiger partial charge in [-0.05, 0) is 62.1 Å². The predicted molar refractivity (Wildman–Crippen MR) is 190 cm³/mol. The summed E-state index contributed by atoms with van der Waals surface area (Å²) in [6.45, 7) is 18.7. The highest BCUT2D eigenvalue weighted by Gasteiger charge is 2.38. The van der Waals surface area contributed by atoms with Crippen LogP contribution in [0.4, 0.5) is 0 Å². The summed E-state index contributed by atoms with van der Waals surface area (Å²) < 4.78 is 0. The standard InChI is InChI=1S/C36H58N6O9/c1-10-12-28(34(46)37-19-22(5)6)49-39-31(43)25-16-26(32(44)40-50-29(14-21(3)4)35(47)38-20-23(7)8)18-27(17-25)33(45)41-51-30-15-24(9)42(13-11-2)36(30)48/h16-18,21-24,28-30H,10-15,19-20H2,1-9H3,(H,37,46)(H,38,47)(H,39,43)(H,40,44)(H,41,45)/t24?,28-,29-,30-/m1/s1. The van der Waals surface area contributed by atoms with Crippen LogP contribution in [0.15, 0.2) is 18.2 Å². The molecular formula is C36H58N6O9. The van der Waals surface area contributed by atoms with Gasteiger partial charge in [-0.15, -0.1) is 0 Å². The fraction of sp³-hybridized carbons (Fsp3) is 0.667. The van der Waals surface area contributed by atoms with E-state index in [9.17, 15) is 28.8 Å². The molecule has 1 unspecified atom stereocenters. The van der Waals surface area contributed by atoms with Crippen LogP contribution in [0.1, 0.15) is 125 Å². The summed E-state index contributed by atoms with van der Waals surface area (Å²) in [5, 5.41) is 5.58. The Morgan fingerprint density at radius 1 is 0.725 bits per heavy atom. The van der Waals surface area contributed by atoms with E-state index in [0.717, 1.165) is 6.42 Å².